The lowest BCUT2D eigenvalue weighted by Gasteiger charge is -2.63. The molecule has 0 amide bonds. The molecule has 0 saturated heterocycles. The molecule has 5 fully saturated rings. The molecule has 5 aliphatic rings. The Hall–Kier alpha value is -0.0800. The van der Waals surface area contributed by atoms with E-state index in [9.17, 15) is 10.2 Å². The number of aliphatic hydroxyl groups excluding tert-OH is 1. The normalized spacial score (nSPS) is 52.2. The lowest BCUT2D eigenvalue weighted by Crippen LogP contribution is -2.56. The fraction of sp³-hybridized carbons (Fsp3) is 1.00. The zero-order chi connectivity index (χ0) is 24.2. The fourth-order valence-corrected chi connectivity index (χ4v) is 11.5. The summed E-state index contributed by atoms with van der Waals surface area (Å²) in [5.74, 6) is 4.16. The van der Waals surface area contributed by atoms with Crippen LogP contribution in [0, 0.1) is 56.7 Å². The molecular weight excluding hydrogens is 404 g/mol. The van der Waals surface area contributed by atoms with Gasteiger partial charge >= 0.3 is 0 Å². The van der Waals surface area contributed by atoms with Crippen molar-refractivity contribution in [3.8, 4) is 0 Å². The van der Waals surface area contributed by atoms with E-state index in [1.54, 1.807) is 20.3 Å². The molecule has 0 heterocycles. The lowest BCUT2D eigenvalue weighted by molar-refractivity contribution is -0.150. The first kappa shape index (κ1) is 24.6. The van der Waals surface area contributed by atoms with Gasteiger partial charge < -0.3 is 10.2 Å². The standard InChI is InChI=1S/C31H54O2/c1-20(9-12-25(32)27(5,6)33)22-14-15-29(8)24-11-10-23-26(3,4)21(2)13-16-30(23)19-31(24,30)18-17-28(22,29)7/h20-25,32-33H,9-19H2,1-8H3/t20-,21+,22-,23?,24?,25?,28-,29+,30-,31+/m1/s1. The van der Waals surface area contributed by atoms with Crippen molar-refractivity contribution in [2.45, 2.75) is 138 Å². The highest BCUT2D eigenvalue weighted by Gasteiger charge is 2.81. The van der Waals surface area contributed by atoms with Crippen LogP contribution in [-0.4, -0.2) is 21.9 Å². The van der Waals surface area contributed by atoms with Crippen molar-refractivity contribution in [3.05, 3.63) is 0 Å². The number of fused-ring (bicyclic) bond motifs is 2. The monoisotopic (exact) mass is 458 g/mol. The average Bonchev–Trinajstić information content (AvgIpc) is 3.31. The smallest absolute Gasteiger partial charge is 0.0849 e. The first-order chi connectivity index (χ1) is 15.2. The van der Waals surface area contributed by atoms with Gasteiger partial charge in [-0.15, -0.1) is 0 Å². The van der Waals surface area contributed by atoms with Crippen LogP contribution in [-0.2, 0) is 0 Å². The van der Waals surface area contributed by atoms with Gasteiger partial charge in [0.15, 0.2) is 0 Å². The maximum Gasteiger partial charge on any atom is 0.0849 e. The second-order valence-electron chi connectivity index (χ2n) is 15.6. The molecule has 190 valence electrons. The van der Waals surface area contributed by atoms with Crippen LogP contribution >= 0.6 is 0 Å². The summed E-state index contributed by atoms with van der Waals surface area (Å²) in [4.78, 5) is 0. The number of aliphatic hydroxyl groups is 2. The van der Waals surface area contributed by atoms with Crippen LogP contribution in [0.2, 0.25) is 0 Å². The Balaban J connectivity index is 1.37. The number of rotatable bonds is 5. The minimum Gasteiger partial charge on any atom is -0.390 e. The summed E-state index contributed by atoms with van der Waals surface area (Å²) in [6.07, 6.45) is 14.3. The molecule has 2 heteroatoms. The van der Waals surface area contributed by atoms with Gasteiger partial charge in [0.05, 0.1) is 11.7 Å². The molecule has 5 saturated carbocycles. The van der Waals surface area contributed by atoms with E-state index >= 15 is 0 Å². The molecule has 0 aromatic heterocycles. The predicted molar refractivity (Wildman–Crippen MR) is 137 cm³/mol. The summed E-state index contributed by atoms with van der Waals surface area (Å²) >= 11 is 0. The van der Waals surface area contributed by atoms with E-state index in [1.807, 2.05) is 0 Å². The van der Waals surface area contributed by atoms with Crippen LogP contribution in [0.15, 0.2) is 0 Å². The Bertz CT molecular complexity index is 780. The molecule has 2 nitrogen and oxygen atoms in total. The number of hydrogen-bond donors (Lipinski definition) is 2. The minimum atomic E-state index is -0.991. The van der Waals surface area contributed by atoms with Gasteiger partial charge in [-0.3, -0.25) is 0 Å². The molecule has 0 bridgehead atoms. The Morgan fingerprint density at radius 3 is 2.12 bits per heavy atom. The summed E-state index contributed by atoms with van der Waals surface area (Å²) in [6.45, 7) is 19.1. The van der Waals surface area contributed by atoms with Gasteiger partial charge in [0.25, 0.3) is 0 Å². The fourth-order valence-electron chi connectivity index (χ4n) is 11.5. The van der Waals surface area contributed by atoms with Gasteiger partial charge in [-0.2, -0.15) is 0 Å². The van der Waals surface area contributed by atoms with E-state index < -0.39 is 11.7 Å². The average molecular weight is 459 g/mol. The van der Waals surface area contributed by atoms with E-state index in [4.69, 9.17) is 0 Å². The maximum absolute atomic E-state index is 10.4. The van der Waals surface area contributed by atoms with Crippen LogP contribution in [0.25, 0.3) is 0 Å². The second kappa shape index (κ2) is 7.24. The zero-order valence-corrected chi connectivity index (χ0v) is 23.1. The molecule has 0 aromatic rings. The molecule has 2 N–H and O–H groups in total. The highest BCUT2D eigenvalue weighted by molar-refractivity contribution is 5.30. The van der Waals surface area contributed by atoms with E-state index in [2.05, 4.69) is 41.5 Å². The van der Waals surface area contributed by atoms with Gasteiger partial charge in [-0.25, -0.2) is 0 Å². The van der Waals surface area contributed by atoms with Gasteiger partial charge in [-0.05, 0) is 141 Å². The minimum absolute atomic E-state index is 0.441. The van der Waals surface area contributed by atoms with Crippen molar-refractivity contribution in [2.75, 3.05) is 0 Å². The molecule has 5 rings (SSSR count). The van der Waals surface area contributed by atoms with Crippen molar-refractivity contribution in [2.24, 2.45) is 56.7 Å². The molecule has 0 aliphatic heterocycles. The van der Waals surface area contributed by atoms with Gasteiger partial charge in [0, 0.05) is 0 Å². The maximum atomic E-state index is 10.4. The van der Waals surface area contributed by atoms with Gasteiger partial charge in [0.1, 0.15) is 0 Å². The largest absolute Gasteiger partial charge is 0.390 e. The van der Waals surface area contributed by atoms with Crippen molar-refractivity contribution >= 4 is 0 Å². The Morgan fingerprint density at radius 2 is 1.45 bits per heavy atom. The van der Waals surface area contributed by atoms with Crippen molar-refractivity contribution in [1.29, 1.82) is 0 Å². The molecule has 5 aliphatic carbocycles. The highest BCUT2D eigenvalue weighted by Crippen LogP contribution is 2.89. The molecular formula is C31H54O2. The summed E-state index contributed by atoms with van der Waals surface area (Å²) in [5.41, 5.74) is 1.79. The lowest BCUT2D eigenvalue weighted by atomic mass is 9.41. The van der Waals surface area contributed by atoms with Crippen LogP contribution in [0.5, 0.6) is 0 Å². The third-order valence-corrected chi connectivity index (χ3v) is 14.1. The third-order valence-electron chi connectivity index (χ3n) is 14.1. The molecule has 3 unspecified atom stereocenters. The third kappa shape index (κ3) is 3.04. The first-order valence-electron chi connectivity index (χ1n) is 14.6. The molecule has 33 heavy (non-hydrogen) atoms. The van der Waals surface area contributed by atoms with E-state index in [-0.39, 0.29) is 0 Å². The van der Waals surface area contributed by atoms with Crippen LogP contribution in [0.3, 0.4) is 0 Å². The van der Waals surface area contributed by atoms with Gasteiger partial charge in [0.2, 0.25) is 0 Å². The number of hydrogen-bond acceptors (Lipinski definition) is 2. The Kier molecular flexibility index (Phi) is 5.40. The second-order valence-corrected chi connectivity index (χ2v) is 15.6. The SMILES string of the molecule is C[C@H](CCC(O)C(C)(C)O)[C@H]1CC[C@@]2(C)C3CCC4C(C)(C)[C@@H](C)CC[C@@]45C[C@@]35CC[C@]12C. The molecule has 0 aromatic carbocycles. The quantitative estimate of drug-likeness (QED) is 0.445. The summed E-state index contributed by atoms with van der Waals surface area (Å²) in [5, 5.41) is 20.6. The van der Waals surface area contributed by atoms with Crippen LogP contribution < -0.4 is 0 Å². The summed E-state index contributed by atoms with van der Waals surface area (Å²) in [7, 11) is 0. The van der Waals surface area contributed by atoms with Crippen LogP contribution in [0.4, 0.5) is 0 Å². The summed E-state index contributed by atoms with van der Waals surface area (Å²) < 4.78 is 0. The topological polar surface area (TPSA) is 40.5 Å². The molecule has 0 radical (unpaired) electrons. The highest BCUT2D eigenvalue weighted by atomic mass is 16.3. The zero-order valence-electron chi connectivity index (χ0n) is 23.1. The first-order valence-corrected chi connectivity index (χ1v) is 14.6. The molecule has 2 spiro atoms. The Morgan fingerprint density at radius 1 is 0.818 bits per heavy atom. The van der Waals surface area contributed by atoms with E-state index in [0.29, 0.717) is 33.0 Å². The van der Waals surface area contributed by atoms with Crippen molar-refractivity contribution in [3.63, 3.8) is 0 Å². The molecule has 10 atom stereocenters. The van der Waals surface area contributed by atoms with Crippen molar-refractivity contribution < 1.29 is 10.2 Å². The predicted octanol–water partition coefficient (Wildman–Crippen LogP) is 7.61. The van der Waals surface area contributed by atoms with Crippen molar-refractivity contribution in [1.82, 2.24) is 0 Å². The van der Waals surface area contributed by atoms with Crippen LogP contribution in [0.1, 0.15) is 126 Å². The summed E-state index contributed by atoms with van der Waals surface area (Å²) in [6, 6.07) is 0. The Labute approximate surface area is 204 Å². The van der Waals surface area contributed by atoms with E-state index in [0.717, 1.165) is 36.5 Å². The van der Waals surface area contributed by atoms with Gasteiger partial charge in [-0.1, -0.05) is 41.5 Å². The van der Waals surface area contributed by atoms with E-state index in [1.165, 1.54) is 51.4 Å².